The second-order valence-corrected chi connectivity index (χ2v) is 6.24. The highest BCUT2D eigenvalue weighted by Crippen LogP contribution is 2.33. The van der Waals surface area contributed by atoms with Crippen LogP contribution in [0.25, 0.3) is 0 Å². The van der Waals surface area contributed by atoms with Gasteiger partial charge in [0.05, 0.1) is 6.61 Å². The monoisotopic (exact) mass is 262 g/mol. The van der Waals surface area contributed by atoms with Crippen LogP contribution in [-0.2, 0) is 6.42 Å². The molecule has 1 N–H and O–H groups in total. The van der Waals surface area contributed by atoms with Crippen LogP contribution < -0.4 is 4.90 Å². The average Bonchev–Trinajstić information content (AvgIpc) is 2.39. The van der Waals surface area contributed by atoms with Gasteiger partial charge in [0.25, 0.3) is 0 Å². The van der Waals surface area contributed by atoms with Crippen molar-refractivity contribution in [3.8, 4) is 0 Å². The maximum atomic E-state index is 9.83. The number of anilines is 1. The smallest absolute Gasteiger partial charge is 0.0502 e. The van der Waals surface area contributed by atoms with E-state index in [9.17, 15) is 5.11 Å². The number of benzene rings is 1. The Hall–Kier alpha value is -1.06. The summed E-state index contributed by atoms with van der Waals surface area (Å²) in [6, 6.07) is 8.71. The van der Waals surface area contributed by atoms with Crippen molar-refractivity contribution in [1.29, 1.82) is 0 Å². The van der Waals surface area contributed by atoms with Crippen LogP contribution in [0.5, 0.6) is 0 Å². The molecule has 3 nitrogen and oxygen atoms in total. The van der Waals surface area contributed by atoms with E-state index >= 15 is 0 Å². The Balaban J connectivity index is 2.09. The quantitative estimate of drug-likeness (QED) is 0.899. The van der Waals surface area contributed by atoms with E-state index in [0.717, 1.165) is 25.9 Å². The fourth-order valence-electron chi connectivity index (χ4n) is 3.13. The molecule has 1 atom stereocenters. The molecule has 0 aliphatic carbocycles. The zero-order chi connectivity index (χ0) is 13.9. The van der Waals surface area contributed by atoms with E-state index in [1.54, 1.807) is 0 Å². The Bertz CT molecular complexity index is 402. The first kappa shape index (κ1) is 14.4. The molecule has 106 valence electrons. The average molecular weight is 262 g/mol. The summed E-state index contributed by atoms with van der Waals surface area (Å²) in [4.78, 5) is 4.45. The Morgan fingerprint density at radius 3 is 2.47 bits per heavy atom. The predicted molar refractivity (Wildman–Crippen MR) is 80.7 cm³/mol. The highest BCUT2D eigenvalue weighted by molar-refractivity contribution is 5.46. The summed E-state index contributed by atoms with van der Waals surface area (Å²) >= 11 is 0. The van der Waals surface area contributed by atoms with E-state index in [0.29, 0.717) is 0 Å². The second kappa shape index (κ2) is 5.93. The Morgan fingerprint density at radius 2 is 1.95 bits per heavy atom. The molecule has 1 aliphatic rings. The van der Waals surface area contributed by atoms with Crippen molar-refractivity contribution >= 4 is 5.69 Å². The van der Waals surface area contributed by atoms with E-state index in [4.69, 9.17) is 0 Å². The maximum absolute atomic E-state index is 9.83. The molecule has 0 bridgehead atoms. The highest BCUT2D eigenvalue weighted by atomic mass is 16.3. The molecule has 2 rings (SSSR count). The van der Waals surface area contributed by atoms with Gasteiger partial charge in [0.1, 0.15) is 0 Å². The first-order valence-electron chi connectivity index (χ1n) is 7.10. The fourth-order valence-corrected chi connectivity index (χ4v) is 3.13. The second-order valence-electron chi connectivity index (χ2n) is 6.24. The Labute approximate surface area is 116 Å². The van der Waals surface area contributed by atoms with Crippen molar-refractivity contribution in [2.24, 2.45) is 5.41 Å². The van der Waals surface area contributed by atoms with Crippen LogP contribution in [0.1, 0.15) is 18.4 Å². The molecular formula is C16H26N2O. The standard InChI is InChI=1S/C16H26N2O/c1-17(2)15-7-5-14(6-8-15)11-16(13-19)9-4-10-18(3)12-16/h5-8,19H,4,9-13H2,1-3H3. The van der Waals surface area contributed by atoms with Crippen molar-refractivity contribution < 1.29 is 5.11 Å². The van der Waals surface area contributed by atoms with Gasteiger partial charge in [-0.25, -0.2) is 0 Å². The van der Waals surface area contributed by atoms with E-state index in [1.807, 2.05) is 0 Å². The number of rotatable bonds is 4. The Morgan fingerprint density at radius 1 is 1.26 bits per heavy atom. The molecule has 0 amide bonds. The minimum atomic E-state index is 0.0482. The SMILES string of the molecule is CN1CCCC(CO)(Cc2ccc(N(C)C)cc2)C1. The molecule has 0 aromatic heterocycles. The van der Waals surface area contributed by atoms with Crippen molar-refractivity contribution in [3.05, 3.63) is 29.8 Å². The van der Waals surface area contributed by atoms with E-state index in [1.165, 1.54) is 17.7 Å². The number of nitrogens with zero attached hydrogens (tertiary/aromatic N) is 2. The van der Waals surface area contributed by atoms with Gasteiger partial charge < -0.3 is 14.9 Å². The zero-order valence-electron chi connectivity index (χ0n) is 12.4. The lowest BCUT2D eigenvalue weighted by Gasteiger charge is -2.40. The third-order valence-corrected chi connectivity index (χ3v) is 4.22. The number of likely N-dealkylation sites (tertiary alicyclic amines) is 1. The van der Waals surface area contributed by atoms with Gasteiger partial charge in [-0.3, -0.25) is 0 Å². The summed E-state index contributed by atoms with van der Waals surface area (Å²) in [5.74, 6) is 0. The van der Waals surface area contributed by atoms with Crippen LogP contribution >= 0.6 is 0 Å². The summed E-state index contributed by atoms with van der Waals surface area (Å²) in [5.41, 5.74) is 2.60. The van der Waals surface area contributed by atoms with Crippen LogP contribution in [0.4, 0.5) is 5.69 Å². The molecule has 0 spiro atoms. The lowest BCUT2D eigenvalue weighted by atomic mass is 9.76. The molecule has 1 unspecified atom stereocenters. The largest absolute Gasteiger partial charge is 0.396 e. The van der Waals surface area contributed by atoms with Crippen LogP contribution in [0.15, 0.2) is 24.3 Å². The van der Waals surface area contributed by atoms with Gasteiger partial charge in [-0.15, -0.1) is 0 Å². The van der Waals surface area contributed by atoms with Gasteiger partial charge in [0.15, 0.2) is 0 Å². The summed E-state index contributed by atoms with van der Waals surface area (Å²) in [6.07, 6.45) is 3.29. The van der Waals surface area contributed by atoms with Gasteiger partial charge in [0, 0.05) is 31.7 Å². The van der Waals surface area contributed by atoms with Gasteiger partial charge in [0.2, 0.25) is 0 Å². The first-order valence-corrected chi connectivity index (χ1v) is 7.10. The summed E-state index contributed by atoms with van der Waals surface area (Å²) in [5, 5.41) is 9.83. The topological polar surface area (TPSA) is 26.7 Å². The van der Waals surface area contributed by atoms with E-state index < -0.39 is 0 Å². The molecule has 0 radical (unpaired) electrons. The first-order chi connectivity index (χ1) is 9.04. The lowest BCUT2D eigenvalue weighted by molar-refractivity contribution is 0.0439. The minimum Gasteiger partial charge on any atom is -0.396 e. The fraction of sp³-hybridized carbons (Fsp3) is 0.625. The Kier molecular flexibility index (Phi) is 4.48. The zero-order valence-corrected chi connectivity index (χ0v) is 12.4. The normalized spacial score (nSPS) is 24.4. The van der Waals surface area contributed by atoms with Gasteiger partial charge in [-0.2, -0.15) is 0 Å². The lowest BCUT2D eigenvalue weighted by Crippen LogP contribution is -2.44. The number of piperidine rings is 1. The van der Waals surface area contributed by atoms with Crippen molar-refractivity contribution in [2.75, 3.05) is 45.7 Å². The van der Waals surface area contributed by atoms with Crippen LogP contribution in [-0.4, -0.2) is 50.8 Å². The van der Waals surface area contributed by atoms with Crippen LogP contribution in [0, 0.1) is 5.41 Å². The van der Waals surface area contributed by atoms with Crippen LogP contribution in [0.3, 0.4) is 0 Å². The number of aliphatic hydroxyl groups excluding tert-OH is 1. The van der Waals surface area contributed by atoms with Crippen molar-refractivity contribution in [2.45, 2.75) is 19.3 Å². The number of hydrogen-bond donors (Lipinski definition) is 1. The number of hydrogen-bond acceptors (Lipinski definition) is 3. The van der Waals surface area contributed by atoms with E-state index in [-0.39, 0.29) is 12.0 Å². The van der Waals surface area contributed by atoms with Gasteiger partial charge in [-0.05, 0) is 50.6 Å². The van der Waals surface area contributed by atoms with Crippen molar-refractivity contribution in [1.82, 2.24) is 4.90 Å². The third kappa shape index (κ3) is 3.48. The molecule has 1 heterocycles. The minimum absolute atomic E-state index is 0.0482. The molecule has 1 aromatic rings. The maximum Gasteiger partial charge on any atom is 0.0502 e. The summed E-state index contributed by atoms with van der Waals surface area (Å²) in [7, 11) is 6.26. The molecule has 1 aliphatic heterocycles. The molecule has 1 fully saturated rings. The number of aliphatic hydroxyl groups is 1. The molecule has 19 heavy (non-hydrogen) atoms. The van der Waals surface area contributed by atoms with Crippen LogP contribution in [0.2, 0.25) is 0 Å². The third-order valence-electron chi connectivity index (χ3n) is 4.22. The van der Waals surface area contributed by atoms with E-state index in [2.05, 4.69) is 55.2 Å². The highest BCUT2D eigenvalue weighted by Gasteiger charge is 2.33. The molecule has 1 aromatic carbocycles. The molecule has 1 saturated heterocycles. The molecular weight excluding hydrogens is 236 g/mol. The van der Waals surface area contributed by atoms with Gasteiger partial charge in [-0.1, -0.05) is 12.1 Å². The molecule has 0 saturated carbocycles. The summed E-state index contributed by atoms with van der Waals surface area (Å²) < 4.78 is 0. The predicted octanol–water partition coefficient (Wildman–Crippen LogP) is 2.00. The van der Waals surface area contributed by atoms with Gasteiger partial charge >= 0.3 is 0 Å². The summed E-state index contributed by atoms with van der Waals surface area (Å²) in [6.45, 7) is 2.44. The molecule has 3 heteroatoms. The van der Waals surface area contributed by atoms with Crippen molar-refractivity contribution in [3.63, 3.8) is 0 Å².